The molecule has 2 aromatic heterocycles. The minimum atomic E-state index is -0.442. The number of hydrogen-bond acceptors (Lipinski definition) is 5. The quantitative estimate of drug-likeness (QED) is 0.805. The smallest absolute Gasteiger partial charge is 0.277 e. The number of rotatable bonds is 2. The van der Waals surface area contributed by atoms with Gasteiger partial charge in [-0.3, -0.25) is 10.1 Å². The highest BCUT2D eigenvalue weighted by Gasteiger charge is 2.13. The number of pyridine rings is 1. The zero-order chi connectivity index (χ0) is 15.2. The standard InChI is InChI=1S/C15H14N4O2/c1-10-9-11(2)18-15(17-10)19-14(21)13-12(6-4-8-20)5-3-7-16-13/h3,5,7,9,20H,8H2,1-2H3,(H,17,18,19,21). The molecule has 0 saturated heterocycles. The van der Waals surface area contributed by atoms with E-state index in [1.807, 2.05) is 19.9 Å². The van der Waals surface area contributed by atoms with Gasteiger partial charge in [-0.05, 0) is 32.0 Å². The van der Waals surface area contributed by atoms with Crippen LogP contribution in [0.15, 0.2) is 24.4 Å². The number of amides is 1. The number of anilines is 1. The van der Waals surface area contributed by atoms with Crippen molar-refractivity contribution in [2.45, 2.75) is 13.8 Å². The molecule has 0 aliphatic carbocycles. The Hall–Kier alpha value is -2.78. The summed E-state index contributed by atoms with van der Waals surface area (Å²) in [7, 11) is 0. The van der Waals surface area contributed by atoms with Crippen LogP contribution in [-0.2, 0) is 0 Å². The lowest BCUT2D eigenvalue weighted by atomic mass is 10.2. The Morgan fingerprint density at radius 2 is 2.05 bits per heavy atom. The van der Waals surface area contributed by atoms with Crippen molar-refractivity contribution in [3.63, 3.8) is 0 Å². The SMILES string of the molecule is Cc1cc(C)nc(NC(=O)c2ncccc2C#CCO)n1. The molecule has 106 valence electrons. The molecule has 1 amide bonds. The Kier molecular flexibility index (Phi) is 4.59. The highest BCUT2D eigenvalue weighted by atomic mass is 16.2. The maximum absolute atomic E-state index is 12.2. The van der Waals surface area contributed by atoms with Crippen LogP contribution in [0, 0.1) is 25.7 Å². The molecule has 0 aliphatic heterocycles. The highest BCUT2D eigenvalue weighted by Crippen LogP contribution is 2.08. The first-order chi connectivity index (χ1) is 10.1. The van der Waals surface area contributed by atoms with E-state index in [9.17, 15) is 4.79 Å². The second kappa shape index (κ2) is 6.59. The fraction of sp³-hybridized carbons (Fsp3) is 0.200. The second-order valence-electron chi connectivity index (χ2n) is 4.29. The summed E-state index contributed by atoms with van der Waals surface area (Å²) in [4.78, 5) is 24.5. The van der Waals surface area contributed by atoms with Gasteiger partial charge in [0.05, 0.1) is 5.56 Å². The van der Waals surface area contributed by atoms with E-state index >= 15 is 0 Å². The summed E-state index contributed by atoms with van der Waals surface area (Å²) >= 11 is 0. The monoisotopic (exact) mass is 282 g/mol. The maximum Gasteiger partial charge on any atom is 0.277 e. The van der Waals surface area contributed by atoms with Gasteiger partial charge >= 0.3 is 0 Å². The van der Waals surface area contributed by atoms with Gasteiger partial charge in [0.25, 0.3) is 5.91 Å². The third-order valence-electron chi connectivity index (χ3n) is 2.53. The third kappa shape index (κ3) is 3.84. The van der Waals surface area contributed by atoms with Crippen LogP contribution >= 0.6 is 0 Å². The normalized spacial score (nSPS) is 9.67. The van der Waals surface area contributed by atoms with Crippen LogP contribution < -0.4 is 5.32 Å². The Bertz CT molecular complexity index is 712. The fourth-order valence-electron chi connectivity index (χ4n) is 1.76. The molecule has 0 atom stereocenters. The van der Waals surface area contributed by atoms with Crippen molar-refractivity contribution >= 4 is 11.9 Å². The van der Waals surface area contributed by atoms with E-state index in [0.29, 0.717) is 5.56 Å². The summed E-state index contributed by atoms with van der Waals surface area (Å²) in [6, 6.07) is 5.15. The van der Waals surface area contributed by atoms with Crippen LogP contribution in [-0.4, -0.2) is 32.6 Å². The zero-order valence-electron chi connectivity index (χ0n) is 11.7. The molecule has 0 unspecified atom stereocenters. The van der Waals surface area contributed by atoms with E-state index < -0.39 is 5.91 Å². The van der Waals surface area contributed by atoms with Crippen LogP contribution in [0.25, 0.3) is 0 Å². The Balaban J connectivity index is 2.28. The van der Waals surface area contributed by atoms with Gasteiger partial charge in [-0.15, -0.1) is 0 Å². The van der Waals surface area contributed by atoms with E-state index in [-0.39, 0.29) is 18.2 Å². The lowest BCUT2D eigenvalue weighted by molar-refractivity contribution is 0.102. The average molecular weight is 282 g/mol. The lowest BCUT2D eigenvalue weighted by Gasteiger charge is -2.06. The number of nitrogens with one attached hydrogen (secondary N) is 1. The molecule has 0 fully saturated rings. The number of carbonyl (C=O) groups is 1. The van der Waals surface area contributed by atoms with Gasteiger partial charge in [-0.2, -0.15) is 0 Å². The molecule has 0 aliphatic rings. The lowest BCUT2D eigenvalue weighted by Crippen LogP contribution is -2.17. The van der Waals surface area contributed by atoms with E-state index in [4.69, 9.17) is 5.11 Å². The van der Waals surface area contributed by atoms with Crippen LogP contribution in [0.1, 0.15) is 27.4 Å². The second-order valence-corrected chi connectivity index (χ2v) is 4.29. The van der Waals surface area contributed by atoms with Crippen molar-refractivity contribution in [2.24, 2.45) is 0 Å². The molecule has 0 saturated carbocycles. The molecular weight excluding hydrogens is 268 g/mol. The number of hydrogen-bond donors (Lipinski definition) is 2. The molecule has 0 bridgehead atoms. The van der Waals surface area contributed by atoms with Crippen LogP contribution in [0.5, 0.6) is 0 Å². The molecule has 2 aromatic rings. The van der Waals surface area contributed by atoms with Gasteiger partial charge in [0.2, 0.25) is 5.95 Å². The first-order valence-electron chi connectivity index (χ1n) is 6.28. The van der Waals surface area contributed by atoms with Gasteiger partial charge in [0, 0.05) is 17.6 Å². The van der Waals surface area contributed by atoms with E-state index in [1.54, 1.807) is 12.1 Å². The average Bonchev–Trinajstić information content (AvgIpc) is 2.44. The van der Waals surface area contributed by atoms with E-state index in [0.717, 1.165) is 11.4 Å². The summed E-state index contributed by atoms with van der Waals surface area (Å²) < 4.78 is 0. The molecule has 0 radical (unpaired) electrons. The number of aryl methyl sites for hydroxylation is 2. The van der Waals surface area contributed by atoms with E-state index in [1.165, 1.54) is 6.20 Å². The van der Waals surface area contributed by atoms with Crippen LogP contribution in [0.2, 0.25) is 0 Å². The van der Waals surface area contributed by atoms with Gasteiger partial charge in [0.1, 0.15) is 12.3 Å². The summed E-state index contributed by atoms with van der Waals surface area (Å²) in [5.74, 6) is 4.97. The zero-order valence-corrected chi connectivity index (χ0v) is 11.7. The molecule has 2 rings (SSSR count). The minimum Gasteiger partial charge on any atom is -0.384 e. The topological polar surface area (TPSA) is 88.0 Å². The Morgan fingerprint density at radius 3 is 2.71 bits per heavy atom. The molecular formula is C15H14N4O2. The highest BCUT2D eigenvalue weighted by molar-refractivity contribution is 6.03. The molecule has 21 heavy (non-hydrogen) atoms. The molecule has 0 aromatic carbocycles. The molecule has 6 nitrogen and oxygen atoms in total. The number of nitrogens with zero attached hydrogens (tertiary/aromatic N) is 3. The summed E-state index contributed by atoms with van der Waals surface area (Å²) in [5, 5.41) is 11.3. The summed E-state index contributed by atoms with van der Waals surface area (Å²) in [6.45, 7) is 3.36. The van der Waals surface area contributed by atoms with Crippen molar-refractivity contribution in [3.8, 4) is 11.8 Å². The predicted molar refractivity (Wildman–Crippen MR) is 77.7 cm³/mol. The van der Waals surface area contributed by atoms with Crippen LogP contribution in [0.3, 0.4) is 0 Å². The Labute approximate surface area is 122 Å². The largest absolute Gasteiger partial charge is 0.384 e. The van der Waals surface area contributed by atoms with Gasteiger partial charge < -0.3 is 5.11 Å². The minimum absolute atomic E-state index is 0.168. The van der Waals surface area contributed by atoms with Crippen molar-refractivity contribution < 1.29 is 9.90 Å². The fourth-order valence-corrected chi connectivity index (χ4v) is 1.76. The van der Waals surface area contributed by atoms with Gasteiger partial charge in [0.15, 0.2) is 0 Å². The number of aliphatic hydroxyl groups is 1. The summed E-state index contributed by atoms with van der Waals surface area (Å²) in [6.07, 6.45) is 1.50. The first-order valence-corrected chi connectivity index (χ1v) is 6.28. The van der Waals surface area contributed by atoms with Crippen molar-refractivity contribution in [1.29, 1.82) is 0 Å². The molecule has 2 heterocycles. The maximum atomic E-state index is 12.2. The van der Waals surface area contributed by atoms with Crippen LogP contribution in [0.4, 0.5) is 5.95 Å². The third-order valence-corrected chi connectivity index (χ3v) is 2.53. The van der Waals surface area contributed by atoms with Gasteiger partial charge in [-0.25, -0.2) is 15.0 Å². The number of aliphatic hydroxyl groups excluding tert-OH is 1. The summed E-state index contributed by atoms with van der Waals surface area (Å²) in [5.41, 5.74) is 2.13. The van der Waals surface area contributed by atoms with Crippen molar-refractivity contribution in [1.82, 2.24) is 15.0 Å². The molecule has 6 heteroatoms. The molecule has 0 spiro atoms. The number of aromatic nitrogens is 3. The molecule has 2 N–H and O–H groups in total. The predicted octanol–water partition coefficient (Wildman–Crippen LogP) is 1.08. The first kappa shape index (κ1) is 14.6. The van der Waals surface area contributed by atoms with E-state index in [2.05, 4.69) is 32.1 Å². The van der Waals surface area contributed by atoms with Crippen molar-refractivity contribution in [2.75, 3.05) is 11.9 Å². The Morgan fingerprint density at radius 1 is 1.33 bits per heavy atom. The van der Waals surface area contributed by atoms with Gasteiger partial charge in [-0.1, -0.05) is 11.8 Å². The number of carbonyl (C=O) groups excluding carboxylic acids is 1. The van der Waals surface area contributed by atoms with Crippen molar-refractivity contribution in [3.05, 3.63) is 47.0 Å².